The lowest BCUT2D eigenvalue weighted by Gasteiger charge is -2.23. The fourth-order valence-corrected chi connectivity index (χ4v) is 3.94. The lowest BCUT2D eigenvalue weighted by atomic mass is 10.1. The number of hydrogen-bond donors (Lipinski definition) is 2. The van der Waals surface area contributed by atoms with E-state index in [-0.39, 0.29) is 0 Å². The predicted molar refractivity (Wildman–Crippen MR) is 120 cm³/mol. The number of hydrogen-bond acceptors (Lipinski definition) is 6. The molecule has 0 radical (unpaired) electrons. The van der Waals surface area contributed by atoms with Crippen LogP contribution in [-0.4, -0.2) is 30.3 Å². The molecule has 2 aromatic carbocycles. The fraction of sp³-hybridized carbons (Fsp3) is 0.0435. The number of nitrogens with zero attached hydrogens (tertiary/aromatic N) is 6. The molecule has 1 atom stereocenters. The van der Waals surface area contributed by atoms with E-state index in [9.17, 15) is 0 Å². The van der Waals surface area contributed by atoms with E-state index in [0.29, 0.717) is 11.9 Å². The van der Waals surface area contributed by atoms with Crippen LogP contribution in [0.15, 0.2) is 90.3 Å². The molecule has 0 unspecified atom stereocenters. The standard InChI is InChI=1S/C23H18N8/c24-22-27-21(31-19-11-5-4-10-18(19)26-23(31)28-22)17-14-30(16-8-2-1-3-9-16)29-20(17)15-7-6-12-25-13-15/h1-14,21H,(H3,24,26,27,28)/t21-/m1/s1. The van der Waals surface area contributed by atoms with Gasteiger partial charge in [0, 0.05) is 29.7 Å². The second kappa shape index (κ2) is 6.81. The smallest absolute Gasteiger partial charge is 0.212 e. The first-order chi connectivity index (χ1) is 15.3. The Morgan fingerprint density at radius 3 is 2.61 bits per heavy atom. The summed E-state index contributed by atoms with van der Waals surface area (Å²) < 4.78 is 3.92. The molecule has 6 rings (SSSR count). The van der Waals surface area contributed by atoms with E-state index in [1.807, 2.05) is 83.8 Å². The van der Waals surface area contributed by atoms with Crippen LogP contribution < -0.4 is 11.1 Å². The predicted octanol–water partition coefficient (Wildman–Crippen LogP) is 3.57. The molecule has 8 heteroatoms. The van der Waals surface area contributed by atoms with Crippen molar-refractivity contribution in [2.24, 2.45) is 10.7 Å². The molecule has 0 fully saturated rings. The second-order valence-corrected chi connectivity index (χ2v) is 7.26. The van der Waals surface area contributed by atoms with Crippen LogP contribution >= 0.6 is 0 Å². The van der Waals surface area contributed by atoms with Gasteiger partial charge in [-0.25, -0.2) is 14.7 Å². The molecule has 0 amide bonds. The zero-order valence-electron chi connectivity index (χ0n) is 16.4. The highest BCUT2D eigenvalue weighted by molar-refractivity contribution is 5.95. The number of aromatic nitrogens is 5. The van der Waals surface area contributed by atoms with Crippen molar-refractivity contribution in [3.63, 3.8) is 0 Å². The van der Waals surface area contributed by atoms with Gasteiger partial charge in [-0.2, -0.15) is 5.10 Å². The van der Waals surface area contributed by atoms with Crippen molar-refractivity contribution in [2.45, 2.75) is 6.17 Å². The molecule has 1 aliphatic rings. The van der Waals surface area contributed by atoms with Gasteiger partial charge in [0.05, 0.1) is 16.7 Å². The normalized spacial score (nSPS) is 15.4. The van der Waals surface area contributed by atoms with E-state index in [2.05, 4.69) is 14.9 Å². The van der Waals surface area contributed by atoms with E-state index in [4.69, 9.17) is 20.8 Å². The van der Waals surface area contributed by atoms with Crippen LogP contribution in [0.1, 0.15) is 11.7 Å². The number of fused-ring (bicyclic) bond motifs is 3. The summed E-state index contributed by atoms with van der Waals surface area (Å²) in [5.74, 6) is 0.973. The number of imidazole rings is 1. The molecular weight excluding hydrogens is 388 g/mol. The van der Waals surface area contributed by atoms with E-state index < -0.39 is 6.17 Å². The topological polar surface area (TPSA) is 98.9 Å². The fourth-order valence-electron chi connectivity index (χ4n) is 3.94. The first kappa shape index (κ1) is 17.4. The Labute approximate surface area is 177 Å². The monoisotopic (exact) mass is 406 g/mol. The van der Waals surface area contributed by atoms with Gasteiger partial charge in [-0.05, 0) is 36.4 Å². The van der Waals surface area contributed by atoms with Crippen molar-refractivity contribution in [3.8, 4) is 16.9 Å². The number of nitrogens with two attached hydrogens (primary N) is 1. The molecule has 31 heavy (non-hydrogen) atoms. The highest BCUT2D eigenvalue weighted by atomic mass is 15.4. The van der Waals surface area contributed by atoms with Crippen molar-refractivity contribution in [1.29, 1.82) is 0 Å². The second-order valence-electron chi connectivity index (χ2n) is 7.26. The third-order valence-corrected chi connectivity index (χ3v) is 5.32. The molecule has 0 aliphatic carbocycles. The third kappa shape index (κ3) is 2.84. The van der Waals surface area contributed by atoms with Crippen LogP contribution in [0.3, 0.4) is 0 Å². The first-order valence-electron chi connectivity index (χ1n) is 9.90. The van der Waals surface area contributed by atoms with Gasteiger partial charge in [0.25, 0.3) is 0 Å². The highest BCUT2D eigenvalue weighted by Gasteiger charge is 2.29. The van der Waals surface area contributed by atoms with Crippen LogP contribution in [0.25, 0.3) is 28.0 Å². The lowest BCUT2D eigenvalue weighted by Crippen LogP contribution is -2.31. The van der Waals surface area contributed by atoms with E-state index in [1.165, 1.54) is 0 Å². The third-order valence-electron chi connectivity index (χ3n) is 5.32. The molecule has 5 aromatic rings. The van der Waals surface area contributed by atoms with Gasteiger partial charge in [-0.1, -0.05) is 30.3 Å². The first-order valence-corrected chi connectivity index (χ1v) is 9.90. The largest absolute Gasteiger partial charge is 0.370 e. The van der Waals surface area contributed by atoms with Crippen molar-refractivity contribution in [3.05, 3.63) is 90.9 Å². The van der Waals surface area contributed by atoms with Gasteiger partial charge < -0.3 is 5.73 Å². The zero-order valence-corrected chi connectivity index (χ0v) is 16.4. The Morgan fingerprint density at radius 1 is 0.935 bits per heavy atom. The summed E-state index contributed by atoms with van der Waals surface area (Å²) in [4.78, 5) is 13.7. The van der Waals surface area contributed by atoms with Crippen molar-refractivity contribution < 1.29 is 0 Å². The van der Waals surface area contributed by atoms with Crippen LogP contribution in [0.2, 0.25) is 0 Å². The van der Waals surface area contributed by atoms with Crippen LogP contribution in [-0.2, 0) is 0 Å². The molecule has 150 valence electrons. The van der Waals surface area contributed by atoms with Crippen LogP contribution in [0, 0.1) is 0 Å². The average molecular weight is 406 g/mol. The summed E-state index contributed by atoms with van der Waals surface area (Å²) in [6, 6.07) is 21.9. The summed E-state index contributed by atoms with van der Waals surface area (Å²) in [6.07, 6.45) is 5.14. The number of rotatable bonds is 3. The molecular formula is C23H18N8. The Morgan fingerprint density at radius 2 is 1.77 bits per heavy atom. The maximum atomic E-state index is 6.15. The minimum atomic E-state index is -0.420. The van der Waals surface area contributed by atoms with Gasteiger partial charge in [0.1, 0.15) is 5.69 Å². The molecule has 4 heterocycles. The summed E-state index contributed by atoms with van der Waals surface area (Å²) in [7, 11) is 0. The number of aliphatic imine (C=N–C) groups is 1. The number of guanidine groups is 1. The van der Waals surface area contributed by atoms with Gasteiger partial charge in [-0.15, -0.1) is 0 Å². The number of pyridine rings is 1. The minimum absolute atomic E-state index is 0.317. The van der Waals surface area contributed by atoms with Crippen molar-refractivity contribution in [2.75, 3.05) is 5.32 Å². The van der Waals surface area contributed by atoms with Crippen molar-refractivity contribution in [1.82, 2.24) is 24.3 Å². The number of nitrogens with one attached hydrogen (secondary N) is 1. The van der Waals surface area contributed by atoms with E-state index >= 15 is 0 Å². The highest BCUT2D eigenvalue weighted by Crippen LogP contribution is 2.36. The number of para-hydroxylation sites is 3. The zero-order chi connectivity index (χ0) is 20.8. The molecule has 1 aliphatic heterocycles. The Balaban J connectivity index is 1.61. The molecule has 0 bridgehead atoms. The van der Waals surface area contributed by atoms with Gasteiger partial charge in [0.2, 0.25) is 5.95 Å². The molecule has 0 saturated carbocycles. The van der Waals surface area contributed by atoms with Gasteiger partial charge in [0.15, 0.2) is 12.1 Å². The van der Waals surface area contributed by atoms with E-state index in [0.717, 1.165) is 33.5 Å². The van der Waals surface area contributed by atoms with Crippen LogP contribution in [0.5, 0.6) is 0 Å². The summed E-state index contributed by atoms with van der Waals surface area (Å²) in [5, 5.41) is 7.99. The SMILES string of the molecule is NC1=N[C@@H](c2cn(-c3ccccc3)nc2-c2cccnc2)n2c(nc3ccccc32)N1. The minimum Gasteiger partial charge on any atom is -0.370 e. The molecule has 8 nitrogen and oxygen atoms in total. The van der Waals surface area contributed by atoms with Crippen molar-refractivity contribution >= 4 is 22.9 Å². The van der Waals surface area contributed by atoms with Gasteiger partial charge >= 0.3 is 0 Å². The Hall–Kier alpha value is -4.46. The molecule has 0 spiro atoms. The Kier molecular flexibility index (Phi) is 3.82. The summed E-state index contributed by atoms with van der Waals surface area (Å²) >= 11 is 0. The number of anilines is 1. The molecule has 3 aromatic heterocycles. The van der Waals surface area contributed by atoms with Crippen LogP contribution in [0.4, 0.5) is 5.95 Å². The maximum absolute atomic E-state index is 6.15. The summed E-state index contributed by atoms with van der Waals surface area (Å²) in [6.45, 7) is 0. The molecule has 3 N–H and O–H groups in total. The number of benzene rings is 2. The van der Waals surface area contributed by atoms with E-state index in [1.54, 1.807) is 6.20 Å². The summed E-state index contributed by atoms with van der Waals surface area (Å²) in [5.41, 5.74) is 11.6. The quantitative estimate of drug-likeness (QED) is 0.477. The van der Waals surface area contributed by atoms with Gasteiger partial charge in [-0.3, -0.25) is 14.9 Å². The maximum Gasteiger partial charge on any atom is 0.212 e. The average Bonchev–Trinajstić information content (AvgIpc) is 3.42. The lowest BCUT2D eigenvalue weighted by molar-refractivity contribution is 0.627. The molecule has 0 saturated heterocycles. The Bertz CT molecular complexity index is 1420.